The number of carbonyl (C=O) groups is 1. The zero-order chi connectivity index (χ0) is 19.8. The summed E-state index contributed by atoms with van der Waals surface area (Å²) in [6.45, 7) is 1.79. The highest BCUT2D eigenvalue weighted by Gasteiger charge is 2.19. The fourth-order valence-corrected chi connectivity index (χ4v) is 3.81. The normalized spacial score (nSPS) is 10.9. The standard InChI is InChI=1S/C19H13FN4O3S/c1-11-17(18(25)21-14-3-2-4-15(9-14)24(26)27)28-19-22-16(10-23(11)19)12-5-7-13(20)8-6-12/h2-10H,1H3,(H,21,25). The molecule has 2 aromatic carbocycles. The summed E-state index contributed by atoms with van der Waals surface area (Å²) in [5.41, 5.74) is 2.40. The molecule has 0 radical (unpaired) electrons. The third kappa shape index (κ3) is 3.23. The van der Waals surface area contributed by atoms with Crippen LogP contribution in [0.2, 0.25) is 0 Å². The number of nitrogens with one attached hydrogen (secondary N) is 1. The van der Waals surface area contributed by atoms with E-state index < -0.39 is 4.92 Å². The monoisotopic (exact) mass is 396 g/mol. The van der Waals surface area contributed by atoms with Crippen LogP contribution >= 0.6 is 11.3 Å². The summed E-state index contributed by atoms with van der Waals surface area (Å²) < 4.78 is 14.9. The number of fused-ring (bicyclic) bond motifs is 1. The Kier molecular flexibility index (Phi) is 4.36. The molecule has 7 nitrogen and oxygen atoms in total. The van der Waals surface area contributed by atoms with Crippen LogP contribution in [0.3, 0.4) is 0 Å². The fraction of sp³-hybridized carbons (Fsp3) is 0.0526. The fourth-order valence-electron chi connectivity index (χ4n) is 2.81. The highest BCUT2D eigenvalue weighted by Crippen LogP contribution is 2.28. The maximum atomic E-state index is 13.1. The lowest BCUT2D eigenvalue weighted by molar-refractivity contribution is -0.384. The number of halogens is 1. The molecule has 0 fully saturated rings. The summed E-state index contributed by atoms with van der Waals surface area (Å²) >= 11 is 1.21. The molecule has 140 valence electrons. The minimum Gasteiger partial charge on any atom is -0.321 e. The van der Waals surface area contributed by atoms with Crippen molar-refractivity contribution >= 4 is 33.6 Å². The van der Waals surface area contributed by atoms with E-state index in [9.17, 15) is 19.3 Å². The molecule has 1 amide bonds. The van der Waals surface area contributed by atoms with Crippen molar-refractivity contribution in [3.05, 3.63) is 81.2 Å². The molecule has 0 unspecified atom stereocenters. The highest BCUT2D eigenvalue weighted by molar-refractivity contribution is 7.19. The highest BCUT2D eigenvalue weighted by atomic mass is 32.1. The molecule has 0 aliphatic heterocycles. The van der Waals surface area contributed by atoms with Gasteiger partial charge >= 0.3 is 0 Å². The molecule has 0 saturated heterocycles. The van der Waals surface area contributed by atoms with Gasteiger partial charge in [0, 0.05) is 35.3 Å². The molecule has 4 rings (SSSR count). The number of aromatic nitrogens is 2. The number of thiazole rings is 1. The number of benzene rings is 2. The molecule has 28 heavy (non-hydrogen) atoms. The number of hydrogen-bond donors (Lipinski definition) is 1. The van der Waals surface area contributed by atoms with Gasteiger partial charge in [0.25, 0.3) is 11.6 Å². The molecule has 2 aromatic heterocycles. The van der Waals surface area contributed by atoms with Gasteiger partial charge in [-0.25, -0.2) is 9.37 Å². The largest absolute Gasteiger partial charge is 0.321 e. The Morgan fingerprint density at radius 2 is 2.00 bits per heavy atom. The Morgan fingerprint density at radius 1 is 1.25 bits per heavy atom. The molecule has 0 atom stereocenters. The topological polar surface area (TPSA) is 89.5 Å². The van der Waals surface area contributed by atoms with Crippen LogP contribution in [0.25, 0.3) is 16.2 Å². The van der Waals surface area contributed by atoms with Crippen molar-refractivity contribution in [3.8, 4) is 11.3 Å². The number of carbonyl (C=O) groups excluding carboxylic acids is 1. The molecule has 1 N–H and O–H groups in total. The van der Waals surface area contributed by atoms with Crippen LogP contribution in [-0.2, 0) is 0 Å². The maximum absolute atomic E-state index is 13.1. The molecule has 2 heterocycles. The van der Waals surface area contributed by atoms with Gasteiger partial charge in [0.1, 0.15) is 10.7 Å². The van der Waals surface area contributed by atoms with Crippen molar-refractivity contribution < 1.29 is 14.1 Å². The molecule has 9 heteroatoms. The first-order chi connectivity index (χ1) is 13.4. The lowest BCUT2D eigenvalue weighted by Crippen LogP contribution is -2.12. The molecule has 4 aromatic rings. The predicted molar refractivity (Wildman–Crippen MR) is 104 cm³/mol. The van der Waals surface area contributed by atoms with Crippen molar-refractivity contribution in [2.75, 3.05) is 5.32 Å². The van der Waals surface area contributed by atoms with E-state index in [2.05, 4.69) is 10.3 Å². The lowest BCUT2D eigenvalue weighted by Gasteiger charge is -2.04. The first-order valence-corrected chi connectivity index (χ1v) is 9.04. The van der Waals surface area contributed by atoms with Crippen LogP contribution in [0.15, 0.2) is 54.7 Å². The van der Waals surface area contributed by atoms with Crippen molar-refractivity contribution in [1.29, 1.82) is 0 Å². The summed E-state index contributed by atoms with van der Waals surface area (Å²) in [6.07, 6.45) is 1.79. The van der Waals surface area contributed by atoms with E-state index in [0.29, 0.717) is 26.9 Å². The van der Waals surface area contributed by atoms with E-state index in [-0.39, 0.29) is 17.4 Å². The van der Waals surface area contributed by atoms with E-state index >= 15 is 0 Å². The van der Waals surface area contributed by atoms with Gasteiger partial charge in [-0.1, -0.05) is 17.4 Å². The minimum absolute atomic E-state index is 0.0977. The van der Waals surface area contributed by atoms with E-state index in [0.717, 1.165) is 5.56 Å². The number of nitro groups is 1. The van der Waals surface area contributed by atoms with Crippen LogP contribution in [0.1, 0.15) is 15.4 Å². The van der Waals surface area contributed by atoms with Gasteiger partial charge < -0.3 is 5.32 Å². The number of imidazole rings is 1. The number of nitrogens with zero attached hydrogens (tertiary/aromatic N) is 3. The van der Waals surface area contributed by atoms with E-state index in [4.69, 9.17) is 0 Å². The van der Waals surface area contributed by atoms with Crippen molar-refractivity contribution in [2.24, 2.45) is 0 Å². The number of rotatable bonds is 4. The molecule has 0 aliphatic carbocycles. The average Bonchev–Trinajstić information content (AvgIpc) is 3.22. The second-order valence-corrected chi connectivity index (χ2v) is 7.04. The predicted octanol–water partition coefficient (Wildman–Crippen LogP) is 4.67. The molecule has 0 aliphatic rings. The Balaban J connectivity index is 1.62. The van der Waals surface area contributed by atoms with Crippen molar-refractivity contribution in [3.63, 3.8) is 0 Å². The number of hydrogen-bond acceptors (Lipinski definition) is 5. The number of anilines is 1. The Bertz CT molecular complexity index is 1210. The van der Waals surface area contributed by atoms with E-state index in [1.54, 1.807) is 35.7 Å². The SMILES string of the molecule is Cc1c(C(=O)Nc2cccc([N+](=O)[O-])c2)sc2nc(-c3ccc(F)cc3)cn12. The summed E-state index contributed by atoms with van der Waals surface area (Å²) in [7, 11) is 0. The Labute approximate surface area is 162 Å². The average molecular weight is 396 g/mol. The smallest absolute Gasteiger partial charge is 0.271 e. The summed E-state index contributed by atoms with van der Waals surface area (Å²) in [5, 5.41) is 13.6. The second kappa shape index (κ2) is 6.86. The van der Waals surface area contributed by atoms with Crippen LogP contribution in [-0.4, -0.2) is 20.2 Å². The first kappa shape index (κ1) is 17.8. The van der Waals surface area contributed by atoms with Gasteiger partial charge in [-0.05, 0) is 37.3 Å². The van der Waals surface area contributed by atoms with Gasteiger partial charge in [-0.3, -0.25) is 19.3 Å². The van der Waals surface area contributed by atoms with Gasteiger partial charge in [0.15, 0.2) is 4.96 Å². The molecule has 0 saturated carbocycles. The van der Waals surface area contributed by atoms with Crippen molar-refractivity contribution in [1.82, 2.24) is 9.38 Å². The van der Waals surface area contributed by atoms with Crippen molar-refractivity contribution in [2.45, 2.75) is 6.92 Å². The molecular formula is C19H13FN4O3S. The molecule has 0 spiro atoms. The first-order valence-electron chi connectivity index (χ1n) is 8.22. The molecular weight excluding hydrogens is 383 g/mol. The van der Waals surface area contributed by atoms with Crippen LogP contribution in [0.4, 0.5) is 15.8 Å². The van der Waals surface area contributed by atoms with Gasteiger partial charge in [0.05, 0.1) is 10.6 Å². The quantitative estimate of drug-likeness (QED) is 0.401. The zero-order valence-electron chi connectivity index (χ0n) is 14.5. The second-order valence-electron chi connectivity index (χ2n) is 6.06. The summed E-state index contributed by atoms with van der Waals surface area (Å²) in [6, 6.07) is 11.8. The summed E-state index contributed by atoms with van der Waals surface area (Å²) in [4.78, 5) is 28.6. The number of non-ortho nitro benzene ring substituents is 1. The molecule has 0 bridgehead atoms. The van der Waals surface area contributed by atoms with Gasteiger partial charge in [-0.2, -0.15) is 0 Å². The summed E-state index contributed by atoms with van der Waals surface area (Å²) in [5.74, 6) is -0.683. The number of amides is 1. The number of nitro benzene ring substituents is 1. The zero-order valence-corrected chi connectivity index (χ0v) is 15.4. The van der Waals surface area contributed by atoms with Gasteiger partial charge in [0.2, 0.25) is 0 Å². The van der Waals surface area contributed by atoms with Crippen LogP contribution in [0, 0.1) is 22.9 Å². The Hall–Kier alpha value is -3.59. The van der Waals surface area contributed by atoms with E-state index in [1.807, 2.05) is 0 Å². The minimum atomic E-state index is -0.517. The Morgan fingerprint density at radius 3 is 2.68 bits per heavy atom. The third-order valence-electron chi connectivity index (χ3n) is 4.22. The third-order valence-corrected chi connectivity index (χ3v) is 5.37. The van der Waals surface area contributed by atoms with Crippen LogP contribution in [0.5, 0.6) is 0 Å². The van der Waals surface area contributed by atoms with Gasteiger partial charge in [-0.15, -0.1) is 0 Å². The van der Waals surface area contributed by atoms with E-state index in [1.165, 1.54) is 41.7 Å². The number of aryl methyl sites for hydroxylation is 1. The lowest BCUT2D eigenvalue weighted by atomic mass is 10.2. The maximum Gasteiger partial charge on any atom is 0.271 e. The van der Waals surface area contributed by atoms with Crippen LogP contribution < -0.4 is 5.32 Å².